The smallest absolute Gasteiger partial charge is 0.323 e. The first-order valence-corrected chi connectivity index (χ1v) is 12.5. The number of fused-ring (bicyclic) bond motifs is 1. The molecule has 0 atom stereocenters. The highest BCUT2D eigenvalue weighted by Crippen LogP contribution is 2.36. The van der Waals surface area contributed by atoms with Crippen LogP contribution in [0.4, 0.5) is 16.2 Å². The molecule has 0 saturated heterocycles. The Balaban J connectivity index is 1.53. The van der Waals surface area contributed by atoms with Gasteiger partial charge in [0.2, 0.25) is 5.91 Å². The number of anilines is 2. The first kappa shape index (κ1) is 25.2. The summed E-state index contributed by atoms with van der Waals surface area (Å²) in [5.41, 5.74) is 2.32. The maximum absolute atomic E-state index is 13.0. The van der Waals surface area contributed by atoms with Gasteiger partial charge in [0, 0.05) is 39.8 Å². The van der Waals surface area contributed by atoms with E-state index in [0.29, 0.717) is 24.5 Å². The number of hydrogen-bond acceptors (Lipinski definition) is 5. The van der Waals surface area contributed by atoms with E-state index in [1.165, 1.54) is 6.92 Å². The van der Waals surface area contributed by atoms with Crippen molar-refractivity contribution in [2.24, 2.45) is 0 Å². The van der Waals surface area contributed by atoms with Crippen LogP contribution < -0.4 is 20.7 Å². The number of carbonyl (C=O) groups excluding carboxylic acids is 2. The van der Waals surface area contributed by atoms with Crippen LogP contribution >= 0.6 is 11.3 Å². The van der Waals surface area contributed by atoms with Crippen molar-refractivity contribution in [1.29, 1.82) is 0 Å². The van der Waals surface area contributed by atoms with Crippen LogP contribution in [0.25, 0.3) is 10.8 Å². The second-order valence-corrected chi connectivity index (χ2v) is 10.6. The fourth-order valence-corrected chi connectivity index (χ4v) is 4.78. The van der Waals surface area contributed by atoms with Gasteiger partial charge in [0.25, 0.3) is 0 Å². The van der Waals surface area contributed by atoms with E-state index in [2.05, 4.69) is 41.7 Å². The molecule has 0 unspecified atom stereocenters. The molecule has 0 aliphatic rings. The summed E-state index contributed by atoms with van der Waals surface area (Å²) in [6.07, 6.45) is 3.48. The number of hydrogen-bond donors (Lipinski definition) is 3. The first-order valence-electron chi connectivity index (χ1n) is 11.7. The Kier molecular flexibility index (Phi) is 7.55. The molecule has 0 aliphatic heterocycles. The topological polar surface area (TPSA) is 92.4 Å². The summed E-state index contributed by atoms with van der Waals surface area (Å²) < 4.78 is 6.07. The van der Waals surface area contributed by atoms with E-state index in [1.807, 2.05) is 54.6 Å². The Morgan fingerprint density at radius 2 is 1.64 bits per heavy atom. The number of nitrogens with one attached hydrogen (secondary N) is 3. The molecular weight excluding hydrogens is 472 g/mol. The van der Waals surface area contributed by atoms with Gasteiger partial charge in [-0.1, -0.05) is 45.0 Å². The maximum atomic E-state index is 13.0. The molecule has 3 N–H and O–H groups in total. The van der Waals surface area contributed by atoms with Crippen LogP contribution in [0.3, 0.4) is 0 Å². The number of amides is 3. The summed E-state index contributed by atoms with van der Waals surface area (Å²) in [6.45, 7) is 8.62. The van der Waals surface area contributed by atoms with Gasteiger partial charge in [0.05, 0.1) is 17.9 Å². The highest BCUT2D eigenvalue weighted by Gasteiger charge is 2.21. The molecular formula is C28H30N4O3S. The minimum Gasteiger partial charge on any atom is -0.488 e. The molecule has 186 valence electrons. The summed E-state index contributed by atoms with van der Waals surface area (Å²) in [4.78, 5) is 30.5. The summed E-state index contributed by atoms with van der Waals surface area (Å²) >= 11 is 1.59. The fourth-order valence-electron chi connectivity index (χ4n) is 3.66. The molecule has 4 aromatic rings. The molecule has 0 bridgehead atoms. The Morgan fingerprint density at radius 1 is 0.944 bits per heavy atom. The molecule has 0 fully saturated rings. The Morgan fingerprint density at radius 3 is 2.33 bits per heavy atom. The van der Waals surface area contributed by atoms with Gasteiger partial charge in [-0.05, 0) is 41.3 Å². The summed E-state index contributed by atoms with van der Waals surface area (Å²) in [7, 11) is 0. The number of rotatable bonds is 7. The van der Waals surface area contributed by atoms with Crippen molar-refractivity contribution in [2.75, 3.05) is 10.6 Å². The van der Waals surface area contributed by atoms with Crippen molar-refractivity contribution < 1.29 is 14.3 Å². The number of nitrogens with zero attached hydrogens (tertiary/aromatic N) is 1. The maximum Gasteiger partial charge on any atom is 0.323 e. The Hall–Kier alpha value is -3.91. The van der Waals surface area contributed by atoms with Crippen molar-refractivity contribution in [3.8, 4) is 5.75 Å². The third-order valence-corrected chi connectivity index (χ3v) is 7.13. The van der Waals surface area contributed by atoms with Crippen molar-refractivity contribution in [3.63, 3.8) is 0 Å². The highest BCUT2D eigenvalue weighted by molar-refractivity contribution is 7.12. The second kappa shape index (κ2) is 10.8. The van der Waals surface area contributed by atoms with E-state index >= 15 is 0 Å². The number of pyridine rings is 1. The van der Waals surface area contributed by atoms with Crippen LogP contribution in [0.1, 0.15) is 43.0 Å². The third-order valence-electron chi connectivity index (χ3n) is 5.57. The quantitative estimate of drug-likeness (QED) is 0.271. The molecule has 8 heteroatoms. The molecule has 2 aromatic carbocycles. The molecule has 36 heavy (non-hydrogen) atoms. The zero-order valence-corrected chi connectivity index (χ0v) is 21.7. The van der Waals surface area contributed by atoms with Gasteiger partial charge in [-0.15, -0.1) is 11.3 Å². The van der Waals surface area contributed by atoms with Gasteiger partial charge in [-0.3, -0.25) is 9.78 Å². The predicted molar refractivity (Wildman–Crippen MR) is 146 cm³/mol. The van der Waals surface area contributed by atoms with Crippen LogP contribution in [-0.2, 0) is 23.4 Å². The minimum absolute atomic E-state index is 0.0751. The van der Waals surface area contributed by atoms with Crippen molar-refractivity contribution >= 4 is 45.4 Å². The van der Waals surface area contributed by atoms with E-state index in [0.717, 1.165) is 31.8 Å². The Labute approximate surface area is 214 Å². The Bertz CT molecular complexity index is 1380. The van der Waals surface area contributed by atoms with Crippen LogP contribution in [0.5, 0.6) is 5.75 Å². The average molecular weight is 503 g/mol. The second-order valence-electron chi connectivity index (χ2n) is 9.49. The van der Waals surface area contributed by atoms with Crippen molar-refractivity contribution in [2.45, 2.75) is 46.3 Å². The number of urea groups is 1. The molecule has 7 nitrogen and oxygen atoms in total. The van der Waals surface area contributed by atoms with Gasteiger partial charge in [0.15, 0.2) is 0 Å². The van der Waals surface area contributed by atoms with E-state index in [1.54, 1.807) is 23.7 Å². The van der Waals surface area contributed by atoms with Gasteiger partial charge < -0.3 is 20.7 Å². The molecule has 2 heterocycles. The SMILES string of the molecule is CC(=O)NCc1sc(C(C)(C)C)cc1NC(=O)Nc1ccc(OCc2ccncc2)c2ccccc12. The van der Waals surface area contributed by atoms with E-state index in [9.17, 15) is 9.59 Å². The number of carbonyl (C=O) groups is 2. The lowest BCUT2D eigenvalue weighted by Crippen LogP contribution is -2.22. The molecule has 4 rings (SSSR count). The lowest BCUT2D eigenvalue weighted by Gasteiger charge is -2.15. The van der Waals surface area contributed by atoms with Crippen LogP contribution in [0.2, 0.25) is 0 Å². The van der Waals surface area contributed by atoms with Crippen molar-refractivity contribution in [1.82, 2.24) is 10.3 Å². The summed E-state index contributed by atoms with van der Waals surface area (Å²) in [5.74, 6) is 0.618. The first-order chi connectivity index (χ1) is 17.2. The van der Waals surface area contributed by atoms with E-state index in [4.69, 9.17) is 4.74 Å². The number of ether oxygens (including phenoxy) is 1. The van der Waals surface area contributed by atoms with Crippen LogP contribution in [0, 0.1) is 0 Å². The largest absolute Gasteiger partial charge is 0.488 e. The van der Waals surface area contributed by atoms with Gasteiger partial charge in [0.1, 0.15) is 12.4 Å². The fraction of sp³-hybridized carbons (Fsp3) is 0.250. The number of thiophene rings is 1. The molecule has 0 saturated carbocycles. The number of benzene rings is 2. The van der Waals surface area contributed by atoms with E-state index in [-0.39, 0.29) is 17.4 Å². The molecule has 0 spiro atoms. The van der Waals surface area contributed by atoms with Crippen LogP contribution in [0.15, 0.2) is 67.0 Å². The highest BCUT2D eigenvalue weighted by atomic mass is 32.1. The zero-order valence-electron chi connectivity index (χ0n) is 20.8. The molecule has 3 amide bonds. The standard InChI is InChI=1S/C28H30N4O3S/c1-18(33)30-16-25-23(15-26(36-25)28(2,3)4)32-27(34)31-22-9-10-24(21-8-6-5-7-20(21)22)35-17-19-11-13-29-14-12-19/h5-15H,16-17H2,1-4H3,(H,30,33)(H2,31,32,34). The van der Waals surface area contributed by atoms with Crippen LogP contribution in [-0.4, -0.2) is 16.9 Å². The van der Waals surface area contributed by atoms with Gasteiger partial charge in [-0.25, -0.2) is 4.79 Å². The van der Waals surface area contributed by atoms with Crippen molar-refractivity contribution in [3.05, 3.63) is 82.3 Å². The summed E-state index contributed by atoms with van der Waals surface area (Å²) in [6, 6.07) is 17.0. The lowest BCUT2D eigenvalue weighted by atomic mass is 9.94. The van der Waals surface area contributed by atoms with Gasteiger partial charge in [-0.2, -0.15) is 0 Å². The molecule has 0 aliphatic carbocycles. The van der Waals surface area contributed by atoms with Gasteiger partial charge >= 0.3 is 6.03 Å². The normalized spacial score (nSPS) is 11.2. The number of aromatic nitrogens is 1. The lowest BCUT2D eigenvalue weighted by molar-refractivity contribution is -0.119. The third kappa shape index (κ3) is 6.20. The molecule has 0 radical (unpaired) electrons. The minimum atomic E-state index is -0.354. The monoisotopic (exact) mass is 502 g/mol. The summed E-state index contributed by atoms with van der Waals surface area (Å²) in [5, 5.41) is 10.6. The molecule has 2 aromatic heterocycles. The van der Waals surface area contributed by atoms with E-state index < -0.39 is 0 Å². The zero-order chi connectivity index (χ0) is 25.7. The average Bonchev–Trinajstić information content (AvgIpc) is 3.26. The predicted octanol–water partition coefficient (Wildman–Crippen LogP) is 6.45.